The minimum atomic E-state index is -3.02. The minimum Gasteiger partial charge on any atom is -0.452 e. The van der Waals surface area contributed by atoms with E-state index in [-0.39, 0.29) is 11.4 Å². The number of alkyl halides is 2. The molecule has 2 atom stereocenters. The SMILES string of the molecule is Cc1ccc(S[C@H](C)C(=O)O[C@@H](C)C(=O)Nc2ccccc2OC(F)F)cc1. The van der Waals surface area contributed by atoms with E-state index >= 15 is 0 Å². The first-order valence-corrected chi connectivity index (χ1v) is 9.42. The van der Waals surface area contributed by atoms with E-state index in [9.17, 15) is 18.4 Å². The first-order chi connectivity index (χ1) is 13.3. The molecule has 2 aromatic rings. The maximum Gasteiger partial charge on any atom is 0.387 e. The van der Waals surface area contributed by atoms with Gasteiger partial charge in [-0.05, 0) is 45.0 Å². The van der Waals surface area contributed by atoms with Gasteiger partial charge in [-0.15, -0.1) is 11.8 Å². The first-order valence-electron chi connectivity index (χ1n) is 8.54. The summed E-state index contributed by atoms with van der Waals surface area (Å²) < 4.78 is 34.5. The van der Waals surface area contributed by atoms with E-state index in [1.54, 1.807) is 13.0 Å². The topological polar surface area (TPSA) is 64.6 Å². The molecular weight excluding hydrogens is 388 g/mol. The van der Waals surface area contributed by atoms with Crippen LogP contribution >= 0.6 is 11.8 Å². The molecule has 0 radical (unpaired) electrons. The molecule has 0 bridgehead atoms. The molecule has 5 nitrogen and oxygen atoms in total. The number of benzene rings is 2. The fraction of sp³-hybridized carbons (Fsp3) is 0.300. The number of carbonyl (C=O) groups is 2. The largest absolute Gasteiger partial charge is 0.452 e. The number of para-hydroxylation sites is 2. The number of amides is 1. The molecule has 0 saturated carbocycles. The van der Waals surface area contributed by atoms with Crippen LogP contribution in [-0.2, 0) is 14.3 Å². The van der Waals surface area contributed by atoms with E-state index in [1.807, 2.05) is 31.2 Å². The summed E-state index contributed by atoms with van der Waals surface area (Å²) in [6, 6.07) is 13.5. The number of hydrogen-bond donors (Lipinski definition) is 1. The van der Waals surface area contributed by atoms with Crippen LogP contribution in [0.4, 0.5) is 14.5 Å². The molecule has 8 heteroatoms. The highest BCUT2D eigenvalue weighted by atomic mass is 32.2. The van der Waals surface area contributed by atoms with Crippen LogP contribution in [0, 0.1) is 6.92 Å². The predicted octanol–water partition coefficient (Wildman–Crippen LogP) is 4.65. The quantitative estimate of drug-likeness (QED) is 0.508. The van der Waals surface area contributed by atoms with Crippen molar-refractivity contribution in [3.63, 3.8) is 0 Å². The number of hydrogen-bond acceptors (Lipinski definition) is 5. The molecule has 0 fully saturated rings. The van der Waals surface area contributed by atoms with Crippen LogP contribution < -0.4 is 10.1 Å². The summed E-state index contributed by atoms with van der Waals surface area (Å²) in [5.41, 5.74) is 1.18. The molecule has 0 heterocycles. The van der Waals surface area contributed by atoms with Crippen LogP contribution in [0.25, 0.3) is 0 Å². The van der Waals surface area contributed by atoms with Gasteiger partial charge in [-0.25, -0.2) is 0 Å². The molecule has 2 rings (SSSR count). The van der Waals surface area contributed by atoms with Gasteiger partial charge in [0.1, 0.15) is 11.0 Å². The number of halogens is 2. The molecule has 0 aliphatic carbocycles. The van der Waals surface area contributed by atoms with Crippen molar-refractivity contribution >= 4 is 29.3 Å². The Bertz CT molecular complexity index is 814. The van der Waals surface area contributed by atoms with E-state index in [1.165, 1.54) is 36.9 Å². The van der Waals surface area contributed by atoms with Crippen molar-refractivity contribution in [1.82, 2.24) is 0 Å². The lowest BCUT2D eigenvalue weighted by molar-refractivity contribution is -0.152. The third kappa shape index (κ3) is 6.53. The molecule has 0 spiro atoms. The van der Waals surface area contributed by atoms with Crippen molar-refractivity contribution in [3.8, 4) is 5.75 Å². The predicted molar refractivity (Wildman–Crippen MR) is 104 cm³/mol. The molecule has 0 aliphatic heterocycles. The van der Waals surface area contributed by atoms with Crippen molar-refractivity contribution in [2.24, 2.45) is 0 Å². The maximum atomic E-state index is 12.5. The molecular formula is C20H21F2NO4S. The van der Waals surface area contributed by atoms with Crippen LogP contribution in [0.3, 0.4) is 0 Å². The van der Waals surface area contributed by atoms with Crippen molar-refractivity contribution in [2.75, 3.05) is 5.32 Å². The molecule has 2 aromatic carbocycles. The van der Waals surface area contributed by atoms with Crippen LogP contribution in [0.1, 0.15) is 19.4 Å². The molecule has 0 aliphatic rings. The zero-order chi connectivity index (χ0) is 20.7. The highest BCUT2D eigenvalue weighted by Gasteiger charge is 2.23. The Kier molecular flexibility index (Phi) is 7.80. The normalized spacial score (nSPS) is 12.9. The number of carbonyl (C=O) groups excluding carboxylic acids is 2. The van der Waals surface area contributed by atoms with Crippen molar-refractivity contribution in [1.29, 1.82) is 0 Å². The van der Waals surface area contributed by atoms with Crippen molar-refractivity contribution in [2.45, 2.75) is 43.6 Å². The Labute approximate surface area is 166 Å². The molecule has 1 amide bonds. The highest BCUT2D eigenvalue weighted by Crippen LogP contribution is 2.27. The highest BCUT2D eigenvalue weighted by molar-refractivity contribution is 8.00. The Morgan fingerprint density at radius 3 is 2.32 bits per heavy atom. The van der Waals surface area contributed by atoms with Gasteiger partial charge in [-0.2, -0.15) is 8.78 Å². The summed E-state index contributed by atoms with van der Waals surface area (Å²) in [5, 5.41) is 1.91. The Morgan fingerprint density at radius 2 is 1.68 bits per heavy atom. The van der Waals surface area contributed by atoms with E-state index in [0.29, 0.717) is 0 Å². The van der Waals surface area contributed by atoms with Crippen LogP contribution in [0.2, 0.25) is 0 Å². The van der Waals surface area contributed by atoms with Gasteiger partial charge < -0.3 is 14.8 Å². The monoisotopic (exact) mass is 409 g/mol. The molecule has 1 N–H and O–H groups in total. The second-order valence-corrected chi connectivity index (χ2v) is 7.43. The lowest BCUT2D eigenvalue weighted by atomic mass is 10.2. The number of aryl methyl sites for hydroxylation is 1. The van der Waals surface area contributed by atoms with Gasteiger partial charge in [0.15, 0.2) is 6.10 Å². The van der Waals surface area contributed by atoms with Crippen LogP contribution in [-0.4, -0.2) is 29.8 Å². The van der Waals surface area contributed by atoms with Gasteiger partial charge in [0.2, 0.25) is 0 Å². The number of esters is 1. The fourth-order valence-electron chi connectivity index (χ4n) is 2.20. The van der Waals surface area contributed by atoms with Gasteiger partial charge in [0.05, 0.1) is 5.69 Å². The Hall–Kier alpha value is -2.61. The Balaban J connectivity index is 1.92. The number of nitrogens with one attached hydrogen (secondary N) is 1. The number of thioether (sulfide) groups is 1. The van der Waals surface area contributed by atoms with Gasteiger partial charge in [0.25, 0.3) is 5.91 Å². The molecule has 28 heavy (non-hydrogen) atoms. The molecule has 0 unspecified atom stereocenters. The number of anilines is 1. The summed E-state index contributed by atoms with van der Waals surface area (Å²) >= 11 is 1.32. The lowest BCUT2D eigenvalue weighted by Gasteiger charge is -2.17. The molecule has 0 aromatic heterocycles. The minimum absolute atomic E-state index is 0.0674. The standard InChI is InChI=1S/C20H21F2NO4S/c1-12-8-10-15(11-9-12)28-14(3)19(25)26-13(2)18(24)23-16-6-4-5-7-17(16)27-20(21)22/h4-11,13-14,20H,1-3H3,(H,23,24)/t13-,14+/m0/s1. The third-order valence-electron chi connectivity index (χ3n) is 3.69. The zero-order valence-electron chi connectivity index (χ0n) is 15.6. The second-order valence-electron chi connectivity index (χ2n) is 6.02. The fourth-order valence-corrected chi connectivity index (χ4v) is 3.05. The van der Waals surface area contributed by atoms with Crippen LogP contribution in [0.5, 0.6) is 5.75 Å². The first kappa shape index (κ1) is 21.7. The Morgan fingerprint density at radius 1 is 1.04 bits per heavy atom. The third-order valence-corrected chi connectivity index (χ3v) is 4.78. The van der Waals surface area contributed by atoms with Gasteiger partial charge >= 0.3 is 12.6 Å². The lowest BCUT2D eigenvalue weighted by Crippen LogP contribution is -2.32. The van der Waals surface area contributed by atoms with E-state index in [2.05, 4.69) is 10.1 Å². The summed E-state index contributed by atoms with van der Waals surface area (Å²) in [6.07, 6.45) is -1.10. The molecule has 0 saturated heterocycles. The smallest absolute Gasteiger partial charge is 0.387 e. The summed E-state index contributed by atoms with van der Waals surface area (Å²) in [5.74, 6) is -1.37. The van der Waals surface area contributed by atoms with E-state index < -0.39 is 29.8 Å². The van der Waals surface area contributed by atoms with Crippen LogP contribution in [0.15, 0.2) is 53.4 Å². The molecule has 150 valence electrons. The van der Waals surface area contributed by atoms with Crippen molar-refractivity contribution in [3.05, 3.63) is 54.1 Å². The van der Waals surface area contributed by atoms with Crippen molar-refractivity contribution < 1.29 is 27.8 Å². The van der Waals surface area contributed by atoms with E-state index in [0.717, 1.165) is 10.5 Å². The summed E-state index contributed by atoms with van der Waals surface area (Å²) in [7, 11) is 0. The zero-order valence-corrected chi connectivity index (χ0v) is 16.5. The summed E-state index contributed by atoms with van der Waals surface area (Å²) in [6.45, 7) is 2.04. The maximum absolute atomic E-state index is 12.5. The average Bonchev–Trinajstić information content (AvgIpc) is 2.64. The summed E-state index contributed by atoms with van der Waals surface area (Å²) in [4.78, 5) is 25.4. The average molecular weight is 409 g/mol. The van der Waals surface area contributed by atoms with E-state index in [4.69, 9.17) is 4.74 Å². The van der Waals surface area contributed by atoms with Gasteiger partial charge in [0, 0.05) is 4.90 Å². The second kappa shape index (κ2) is 10.1. The number of ether oxygens (including phenoxy) is 2. The number of rotatable bonds is 8. The van der Waals surface area contributed by atoms with Gasteiger partial charge in [-0.3, -0.25) is 9.59 Å². The van der Waals surface area contributed by atoms with Gasteiger partial charge in [-0.1, -0.05) is 29.8 Å².